The van der Waals surface area contributed by atoms with Crippen LogP contribution in [0.3, 0.4) is 0 Å². The van der Waals surface area contributed by atoms with E-state index in [1.807, 2.05) is 72.8 Å². The molecule has 170 valence electrons. The van der Waals surface area contributed by atoms with Crippen LogP contribution in [0.2, 0.25) is 0 Å². The maximum absolute atomic E-state index is 6.18. The summed E-state index contributed by atoms with van der Waals surface area (Å²) in [5.74, 6) is 1.58. The first-order valence-corrected chi connectivity index (χ1v) is 11.0. The highest BCUT2D eigenvalue weighted by molar-refractivity contribution is 6.09. The monoisotopic (exact) mass is 451 g/mol. The maximum atomic E-state index is 6.18. The molecule has 0 atom stereocenters. The second-order valence-electron chi connectivity index (χ2n) is 8.06. The van der Waals surface area contributed by atoms with Crippen LogP contribution in [0.15, 0.2) is 89.9 Å². The molecule has 3 rings (SSSR count). The predicted octanol–water partition coefficient (Wildman–Crippen LogP) is 6.80. The maximum Gasteiger partial charge on any atom is 0.145 e. The summed E-state index contributed by atoms with van der Waals surface area (Å²) >= 11 is 0. The molecule has 0 aliphatic carbocycles. The van der Waals surface area contributed by atoms with E-state index in [9.17, 15) is 0 Å². The molecule has 0 radical (unpaired) electrons. The van der Waals surface area contributed by atoms with Crippen LogP contribution in [-0.2, 0) is 0 Å². The molecule has 0 fully saturated rings. The molecule has 0 aliphatic rings. The molecule has 0 aliphatic heterocycles. The highest BCUT2D eigenvalue weighted by atomic mass is 35.5. The van der Waals surface area contributed by atoms with E-state index in [0.717, 1.165) is 35.1 Å². The predicted molar refractivity (Wildman–Crippen MR) is 139 cm³/mol. The van der Waals surface area contributed by atoms with Crippen LogP contribution >= 0.6 is 12.4 Å². The van der Waals surface area contributed by atoms with Gasteiger partial charge >= 0.3 is 0 Å². The molecule has 0 aromatic heterocycles. The Morgan fingerprint density at radius 1 is 0.812 bits per heavy atom. The van der Waals surface area contributed by atoms with Crippen LogP contribution in [0.4, 0.5) is 11.4 Å². The number of para-hydroxylation sites is 3. The van der Waals surface area contributed by atoms with Crippen molar-refractivity contribution in [1.82, 2.24) is 4.90 Å². The van der Waals surface area contributed by atoms with Crippen molar-refractivity contribution in [2.24, 2.45) is 4.99 Å². The van der Waals surface area contributed by atoms with E-state index in [0.29, 0.717) is 18.7 Å². The summed E-state index contributed by atoms with van der Waals surface area (Å²) in [5, 5.41) is 3.46. The summed E-state index contributed by atoms with van der Waals surface area (Å²) in [4.78, 5) is 7.39. The number of nitrogens with one attached hydrogen (secondary N) is 1. The van der Waals surface area contributed by atoms with Gasteiger partial charge in [-0.25, -0.2) is 4.99 Å². The topological polar surface area (TPSA) is 36.9 Å². The minimum atomic E-state index is 0. The highest BCUT2D eigenvalue weighted by Crippen LogP contribution is 2.28. The van der Waals surface area contributed by atoms with E-state index in [1.54, 1.807) is 0 Å². The molecule has 0 heterocycles. The van der Waals surface area contributed by atoms with Crippen LogP contribution < -0.4 is 10.1 Å². The molecule has 1 N–H and O–H groups in total. The minimum Gasteiger partial charge on any atom is -0.490 e. The first-order valence-electron chi connectivity index (χ1n) is 11.0. The molecule has 3 aromatic rings. The van der Waals surface area contributed by atoms with Crippen molar-refractivity contribution in [3.63, 3.8) is 0 Å². The number of hydrogen-bond acceptors (Lipinski definition) is 3. The second-order valence-corrected chi connectivity index (χ2v) is 8.06. The van der Waals surface area contributed by atoms with Crippen molar-refractivity contribution in [3.05, 3.63) is 90.5 Å². The first-order chi connectivity index (χ1) is 15.0. The van der Waals surface area contributed by atoms with E-state index >= 15 is 0 Å². The smallest absolute Gasteiger partial charge is 0.145 e. The average molecular weight is 452 g/mol. The molecule has 0 unspecified atom stereocenters. The Hall–Kier alpha value is -2.82. The molecule has 0 bridgehead atoms. The Bertz CT molecular complexity index is 951. The lowest BCUT2D eigenvalue weighted by atomic mass is 10.2. The zero-order valence-electron chi connectivity index (χ0n) is 19.4. The van der Waals surface area contributed by atoms with E-state index in [-0.39, 0.29) is 12.4 Å². The Balaban J connectivity index is 0.00000363. The molecule has 4 nitrogen and oxygen atoms in total. The van der Waals surface area contributed by atoms with Gasteiger partial charge in [0.15, 0.2) is 0 Å². The van der Waals surface area contributed by atoms with Crippen molar-refractivity contribution in [1.29, 1.82) is 0 Å². The fourth-order valence-electron chi connectivity index (χ4n) is 3.58. The number of halogens is 1. The van der Waals surface area contributed by atoms with E-state index in [2.05, 4.69) is 50.0 Å². The largest absolute Gasteiger partial charge is 0.490 e. The fourth-order valence-corrected chi connectivity index (χ4v) is 3.58. The van der Waals surface area contributed by atoms with Crippen molar-refractivity contribution >= 4 is 29.6 Å². The summed E-state index contributed by atoms with van der Waals surface area (Å²) in [6.45, 7) is 10.4. The first kappa shape index (κ1) is 25.4. The van der Waals surface area contributed by atoms with Crippen LogP contribution in [-0.4, -0.2) is 36.0 Å². The third kappa shape index (κ3) is 7.40. The summed E-state index contributed by atoms with van der Waals surface area (Å²) < 4.78 is 6.18. The van der Waals surface area contributed by atoms with Crippen LogP contribution in [0.5, 0.6) is 5.75 Å². The van der Waals surface area contributed by atoms with Crippen molar-refractivity contribution in [2.45, 2.75) is 39.8 Å². The zero-order valence-corrected chi connectivity index (χ0v) is 20.2. The number of anilines is 1. The Kier molecular flexibility index (Phi) is 10.3. The quantitative estimate of drug-likeness (QED) is 0.287. The number of benzene rings is 3. The summed E-state index contributed by atoms with van der Waals surface area (Å²) in [6.07, 6.45) is 0. The van der Waals surface area contributed by atoms with Gasteiger partial charge in [-0.1, -0.05) is 60.7 Å². The van der Waals surface area contributed by atoms with E-state index in [4.69, 9.17) is 9.73 Å². The summed E-state index contributed by atoms with van der Waals surface area (Å²) in [6, 6.07) is 29.2. The van der Waals surface area contributed by atoms with Crippen molar-refractivity contribution in [2.75, 3.05) is 18.5 Å². The Morgan fingerprint density at radius 2 is 1.38 bits per heavy atom. The van der Waals surface area contributed by atoms with Crippen molar-refractivity contribution in [3.8, 4) is 5.75 Å². The SMILES string of the molecule is CC(C)N(CCOc1ccccc1N=C(Nc1ccccc1)c1ccccc1)C(C)C.Cl. The summed E-state index contributed by atoms with van der Waals surface area (Å²) in [7, 11) is 0. The molecular formula is C27H34ClN3O. The fraction of sp³-hybridized carbons (Fsp3) is 0.296. The summed E-state index contributed by atoms with van der Waals surface area (Å²) in [5.41, 5.74) is 2.82. The van der Waals surface area contributed by atoms with Crippen LogP contribution in [0, 0.1) is 0 Å². The third-order valence-corrected chi connectivity index (χ3v) is 5.11. The molecule has 0 saturated heterocycles. The van der Waals surface area contributed by atoms with Gasteiger partial charge in [0.2, 0.25) is 0 Å². The van der Waals surface area contributed by atoms with Gasteiger partial charge in [0.05, 0.1) is 0 Å². The lowest BCUT2D eigenvalue weighted by Crippen LogP contribution is -2.39. The molecule has 0 amide bonds. The highest BCUT2D eigenvalue weighted by Gasteiger charge is 2.14. The molecular weight excluding hydrogens is 418 g/mol. The Labute approximate surface area is 198 Å². The number of ether oxygens (including phenoxy) is 1. The van der Waals surface area contributed by atoms with Crippen LogP contribution in [0.1, 0.15) is 33.3 Å². The zero-order chi connectivity index (χ0) is 22.1. The number of amidine groups is 1. The lowest BCUT2D eigenvalue weighted by Gasteiger charge is -2.30. The number of rotatable bonds is 9. The standard InChI is InChI=1S/C27H33N3O.ClH/c1-21(2)30(22(3)4)19-20-31-26-18-12-11-17-25(26)29-27(23-13-7-5-8-14-23)28-24-15-9-6-10-16-24;/h5-18,21-22H,19-20H2,1-4H3,(H,28,29);1H. The van der Waals surface area contributed by atoms with Crippen molar-refractivity contribution < 1.29 is 4.74 Å². The number of aliphatic imine (C=N–C) groups is 1. The van der Waals surface area contributed by atoms with Gasteiger partial charge in [-0.3, -0.25) is 4.90 Å². The van der Waals surface area contributed by atoms with Gasteiger partial charge in [0.25, 0.3) is 0 Å². The molecule has 0 saturated carbocycles. The third-order valence-electron chi connectivity index (χ3n) is 5.11. The molecule has 3 aromatic carbocycles. The van der Waals surface area contributed by atoms with Gasteiger partial charge in [0, 0.05) is 29.9 Å². The molecule has 5 heteroatoms. The van der Waals surface area contributed by atoms with E-state index < -0.39 is 0 Å². The van der Waals surface area contributed by atoms with Gasteiger partial charge in [-0.05, 0) is 52.0 Å². The molecule has 32 heavy (non-hydrogen) atoms. The van der Waals surface area contributed by atoms with Gasteiger partial charge in [0.1, 0.15) is 23.9 Å². The minimum absolute atomic E-state index is 0. The van der Waals surface area contributed by atoms with E-state index in [1.165, 1.54) is 0 Å². The second kappa shape index (κ2) is 12.9. The Morgan fingerprint density at radius 3 is 2.00 bits per heavy atom. The van der Waals surface area contributed by atoms with Gasteiger partial charge < -0.3 is 10.1 Å². The van der Waals surface area contributed by atoms with Gasteiger partial charge in [-0.2, -0.15) is 0 Å². The number of hydrogen-bond donors (Lipinski definition) is 1. The average Bonchev–Trinajstić information content (AvgIpc) is 2.78. The van der Waals surface area contributed by atoms with Crippen LogP contribution in [0.25, 0.3) is 0 Å². The number of nitrogens with zero attached hydrogens (tertiary/aromatic N) is 2. The molecule has 0 spiro atoms. The normalized spacial score (nSPS) is 11.5. The van der Waals surface area contributed by atoms with Gasteiger partial charge in [-0.15, -0.1) is 12.4 Å². The lowest BCUT2D eigenvalue weighted by molar-refractivity contribution is 0.142.